The first-order valence-electron chi connectivity index (χ1n) is 9.27. The average molecular weight is 464 g/mol. The predicted octanol–water partition coefficient (Wildman–Crippen LogP) is -2.63. The molecule has 31 heavy (non-hydrogen) atoms. The summed E-state index contributed by atoms with van der Waals surface area (Å²) in [6, 6.07) is -5.03. The molecular weight excluding hydrogens is 434 g/mol. The maximum Gasteiger partial charge on any atom is 0.326 e. The zero-order chi connectivity index (χ0) is 24.1. The van der Waals surface area contributed by atoms with Gasteiger partial charge in [0.2, 0.25) is 23.6 Å². The van der Waals surface area contributed by atoms with Crippen molar-refractivity contribution in [1.82, 2.24) is 16.0 Å². The van der Waals surface area contributed by atoms with Crippen LogP contribution in [-0.2, 0) is 28.8 Å². The Kier molecular flexibility index (Phi) is 12.9. The van der Waals surface area contributed by atoms with Gasteiger partial charge in [-0.05, 0) is 31.8 Å². The number of carbonyl (C=O) groups excluding carboxylic acids is 4. The van der Waals surface area contributed by atoms with Gasteiger partial charge >= 0.3 is 11.9 Å². The van der Waals surface area contributed by atoms with Gasteiger partial charge in [-0.25, -0.2) is 4.79 Å². The molecular formula is C17H29N5O8S. The van der Waals surface area contributed by atoms with Gasteiger partial charge in [-0.3, -0.25) is 24.0 Å². The van der Waals surface area contributed by atoms with Crippen LogP contribution in [0.4, 0.5) is 0 Å². The van der Waals surface area contributed by atoms with Crippen molar-refractivity contribution in [3.63, 3.8) is 0 Å². The number of amides is 4. The van der Waals surface area contributed by atoms with E-state index in [0.717, 1.165) is 0 Å². The number of carbonyl (C=O) groups is 6. The molecule has 0 aromatic rings. The highest BCUT2D eigenvalue weighted by atomic mass is 32.2. The summed E-state index contributed by atoms with van der Waals surface area (Å²) in [5, 5.41) is 24.7. The number of hydrogen-bond acceptors (Lipinski definition) is 8. The zero-order valence-electron chi connectivity index (χ0n) is 17.3. The summed E-state index contributed by atoms with van der Waals surface area (Å²) in [5.74, 6) is -5.63. The SMILES string of the molecule is CSCCC(NC(=O)C(C)N)C(=O)NC(CC(N)=O)C(=O)NC(CCC(=O)O)C(=O)O. The molecule has 0 fully saturated rings. The molecule has 176 valence electrons. The summed E-state index contributed by atoms with van der Waals surface area (Å²) in [7, 11) is 0. The van der Waals surface area contributed by atoms with E-state index in [1.165, 1.54) is 18.7 Å². The lowest BCUT2D eigenvalue weighted by atomic mass is 10.1. The molecule has 4 amide bonds. The van der Waals surface area contributed by atoms with Gasteiger partial charge in [0.1, 0.15) is 18.1 Å². The van der Waals surface area contributed by atoms with E-state index in [0.29, 0.717) is 5.75 Å². The standard InChI is InChI=1S/C17H29N5O8S/c1-8(18)14(26)20-9(5-6-31-2)15(27)22-11(7-12(19)23)16(28)21-10(17(29)30)3-4-13(24)25/h8-11H,3-7,18H2,1-2H3,(H2,19,23)(H,20,26)(H,21,28)(H,22,27)(H,24,25)(H,29,30). The summed E-state index contributed by atoms with van der Waals surface area (Å²) >= 11 is 1.41. The molecule has 0 radical (unpaired) electrons. The zero-order valence-corrected chi connectivity index (χ0v) is 18.1. The number of primary amides is 1. The third kappa shape index (κ3) is 11.8. The highest BCUT2D eigenvalue weighted by Crippen LogP contribution is 2.05. The summed E-state index contributed by atoms with van der Waals surface area (Å²) < 4.78 is 0. The van der Waals surface area contributed by atoms with Crippen LogP contribution in [0.1, 0.15) is 32.6 Å². The molecule has 0 saturated carbocycles. The van der Waals surface area contributed by atoms with Crippen LogP contribution >= 0.6 is 11.8 Å². The Morgan fingerprint density at radius 1 is 0.871 bits per heavy atom. The van der Waals surface area contributed by atoms with E-state index in [2.05, 4.69) is 16.0 Å². The van der Waals surface area contributed by atoms with Gasteiger partial charge in [0, 0.05) is 6.42 Å². The van der Waals surface area contributed by atoms with Crippen LogP contribution in [0.5, 0.6) is 0 Å². The van der Waals surface area contributed by atoms with Crippen molar-refractivity contribution in [1.29, 1.82) is 0 Å². The van der Waals surface area contributed by atoms with Gasteiger partial charge < -0.3 is 37.6 Å². The fraction of sp³-hybridized carbons (Fsp3) is 0.647. The second-order valence-corrected chi connectivity index (χ2v) is 7.68. The second kappa shape index (κ2) is 14.2. The first-order valence-corrected chi connectivity index (χ1v) is 10.7. The molecule has 0 bridgehead atoms. The summed E-state index contributed by atoms with van der Waals surface area (Å²) in [6.45, 7) is 1.42. The Morgan fingerprint density at radius 2 is 1.39 bits per heavy atom. The molecule has 0 aliphatic carbocycles. The van der Waals surface area contributed by atoms with Crippen molar-refractivity contribution in [2.24, 2.45) is 11.5 Å². The fourth-order valence-corrected chi connectivity index (χ4v) is 2.76. The van der Waals surface area contributed by atoms with Crippen molar-refractivity contribution in [2.45, 2.75) is 56.8 Å². The van der Waals surface area contributed by atoms with Crippen LogP contribution in [0.25, 0.3) is 0 Å². The summed E-state index contributed by atoms with van der Waals surface area (Å²) in [5.41, 5.74) is 10.6. The first kappa shape index (κ1) is 28.1. The minimum atomic E-state index is -1.55. The highest BCUT2D eigenvalue weighted by molar-refractivity contribution is 7.98. The van der Waals surface area contributed by atoms with Crippen molar-refractivity contribution in [3.8, 4) is 0 Å². The second-order valence-electron chi connectivity index (χ2n) is 6.69. The van der Waals surface area contributed by atoms with E-state index < -0.39 is 79.0 Å². The quantitative estimate of drug-likeness (QED) is 0.133. The van der Waals surface area contributed by atoms with E-state index >= 15 is 0 Å². The number of carboxylic acid groups (broad SMARTS) is 2. The lowest BCUT2D eigenvalue weighted by Gasteiger charge is -2.24. The Balaban J connectivity index is 5.40. The molecule has 0 aromatic carbocycles. The molecule has 0 heterocycles. The van der Waals surface area contributed by atoms with Crippen LogP contribution in [0.3, 0.4) is 0 Å². The monoisotopic (exact) mass is 463 g/mol. The topological polar surface area (TPSA) is 231 Å². The first-order chi connectivity index (χ1) is 14.4. The molecule has 0 aliphatic heterocycles. The van der Waals surface area contributed by atoms with E-state index in [4.69, 9.17) is 21.7 Å². The van der Waals surface area contributed by atoms with Crippen LogP contribution in [0.2, 0.25) is 0 Å². The Hall–Kier alpha value is -2.87. The third-order valence-electron chi connectivity index (χ3n) is 3.96. The van der Waals surface area contributed by atoms with Gasteiger partial charge in [-0.15, -0.1) is 0 Å². The molecule has 14 heteroatoms. The smallest absolute Gasteiger partial charge is 0.326 e. The highest BCUT2D eigenvalue weighted by Gasteiger charge is 2.31. The minimum absolute atomic E-state index is 0.201. The number of nitrogens with one attached hydrogen (secondary N) is 3. The van der Waals surface area contributed by atoms with Crippen LogP contribution in [-0.4, -0.2) is 82.0 Å². The van der Waals surface area contributed by atoms with E-state index in [1.807, 2.05) is 0 Å². The maximum atomic E-state index is 12.6. The number of nitrogens with two attached hydrogens (primary N) is 2. The van der Waals surface area contributed by atoms with Crippen LogP contribution in [0.15, 0.2) is 0 Å². The summed E-state index contributed by atoms with van der Waals surface area (Å²) in [4.78, 5) is 70.3. The largest absolute Gasteiger partial charge is 0.481 e. The molecule has 0 aliphatic rings. The van der Waals surface area contributed by atoms with Crippen LogP contribution < -0.4 is 27.4 Å². The van der Waals surface area contributed by atoms with Crippen molar-refractivity contribution < 1.29 is 39.0 Å². The predicted molar refractivity (Wildman–Crippen MR) is 111 cm³/mol. The van der Waals surface area contributed by atoms with E-state index in [9.17, 15) is 28.8 Å². The maximum absolute atomic E-state index is 12.6. The normalized spacial score (nSPS) is 14.4. The number of carboxylic acids is 2. The van der Waals surface area contributed by atoms with Gasteiger partial charge in [0.05, 0.1) is 12.5 Å². The number of rotatable bonds is 15. The number of thioether (sulfide) groups is 1. The molecule has 0 saturated heterocycles. The average Bonchev–Trinajstić information content (AvgIpc) is 2.66. The molecule has 4 atom stereocenters. The molecule has 0 aromatic heterocycles. The van der Waals surface area contributed by atoms with Gasteiger partial charge in [0.15, 0.2) is 0 Å². The molecule has 13 nitrogen and oxygen atoms in total. The van der Waals surface area contributed by atoms with Gasteiger partial charge in [0.25, 0.3) is 0 Å². The van der Waals surface area contributed by atoms with Crippen molar-refractivity contribution in [3.05, 3.63) is 0 Å². The Labute approximate surface area is 183 Å². The number of hydrogen-bond donors (Lipinski definition) is 7. The number of aliphatic carboxylic acids is 2. The fourth-order valence-electron chi connectivity index (χ4n) is 2.29. The lowest BCUT2D eigenvalue weighted by molar-refractivity contribution is -0.143. The Bertz CT molecular complexity index is 687. The lowest BCUT2D eigenvalue weighted by Crippen LogP contribution is -2.57. The van der Waals surface area contributed by atoms with Gasteiger partial charge in [-0.2, -0.15) is 11.8 Å². The third-order valence-corrected chi connectivity index (χ3v) is 4.60. The van der Waals surface area contributed by atoms with E-state index in [-0.39, 0.29) is 6.42 Å². The molecule has 9 N–H and O–H groups in total. The summed E-state index contributed by atoms with van der Waals surface area (Å²) in [6.07, 6.45) is 0.416. The van der Waals surface area contributed by atoms with Crippen LogP contribution in [0, 0.1) is 0 Å². The minimum Gasteiger partial charge on any atom is -0.481 e. The van der Waals surface area contributed by atoms with Gasteiger partial charge in [-0.1, -0.05) is 0 Å². The van der Waals surface area contributed by atoms with E-state index in [1.54, 1.807) is 6.26 Å². The molecule has 0 rings (SSSR count). The molecule has 0 spiro atoms. The van der Waals surface area contributed by atoms with Crippen molar-refractivity contribution in [2.75, 3.05) is 12.0 Å². The Morgan fingerprint density at radius 3 is 1.84 bits per heavy atom. The molecule has 4 unspecified atom stereocenters. The van der Waals surface area contributed by atoms with Crippen molar-refractivity contribution >= 4 is 47.3 Å².